The Morgan fingerprint density at radius 2 is 1.71 bits per heavy atom. The lowest BCUT2D eigenvalue weighted by Crippen LogP contribution is -2.58. The third kappa shape index (κ3) is 8.78. The Balaban J connectivity index is 1.13. The maximum Gasteiger partial charge on any atom is 0.243 e. The number of amides is 3. The van der Waals surface area contributed by atoms with Crippen LogP contribution >= 0.6 is 0 Å². The summed E-state index contributed by atoms with van der Waals surface area (Å²) in [6.07, 6.45) is 10.5. The van der Waals surface area contributed by atoms with Gasteiger partial charge in [-0.1, -0.05) is 55.0 Å². The van der Waals surface area contributed by atoms with Crippen LogP contribution in [0.4, 0.5) is 5.69 Å². The summed E-state index contributed by atoms with van der Waals surface area (Å²) < 4.78 is 33.5. The molecule has 0 aromatic heterocycles. The molecule has 4 aliphatic rings. The first-order valence-corrected chi connectivity index (χ1v) is 19.2. The first-order chi connectivity index (χ1) is 23.7. The Morgan fingerprint density at radius 1 is 0.939 bits per heavy atom. The number of hydrogen-bond acceptors (Lipinski definition) is 7. The van der Waals surface area contributed by atoms with Crippen molar-refractivity contribution < 1.29 is 27.5 Å². The molecule has 0 unspecified atom stereocenters. The maximum atomic E-state index is 13.9. The van der Waals surface area contributed by atoms with Gasteiger partial charge in [-0.05, 0) is 74.6 Å². The summed E-state index contributed by atoms with van der Waals surface area (Å²) in [5.41, 5.74) is 0.805. The van der Waals surface area contributed by atoms with Gasteiger partial charge in [0.25, 0.3) is 0 Å². The third-order valence-corrected chi connectivity index (χ3v) is 12.4. The highest BCUT2D eigenvalue weighted by Crippen LogP contribution is 2.36. The van der Waals surface area contributed by atoms with Crippen molar-refractivity contribution in [2.24, 2.45) is 11.3 Å². The summed E-state index contributed by atoms with van der Waals surface area (Å²) in [4.78, 5) is 43.2. The van der Waals surface area contributed by atoms with E-state index in [1.54, 1.807) is 18.2 Å². The van der Waals surface area contributed by atoms with Crippen molar-refractivity contribution in [2.45, 2.75) is 74.8 Å². The number of piperidine rings is 2. The number of nitrogens with one attached hydrogen (secondary N) is 3. The zero-order chi connectivity index (χ0) is 34.3. The predicted octanol–water partition coefficient (Wildman–Crippen LogP) is 3.48. The number of ether oxygens (including phenoxy) is 1. The van der Waals surface area contributed by atoms with Gasteiger partial charge in [-0.25, -0.2) is 8.42 Å². The number of likely N-dealkylation sites (tertiary alicyclic amines) is 1. The number of sulfonamides is 1. The second-order valence-corrected chi connectivity index (χ2v) is 15.9. The Bertz CT molecular complexity index is 1600. The van der Waals surface area contributed by atoms with E-state index < -0.39 is 21.5 Å². The molecular weight excluding hydrogens is 643 g/mol. The Hall–Kier alpha value is -3.58. The summed E-state index contributed by atoms with van der Waals surface area (Å²) in [6.45, 7) is 3.43. The minimum Gasteiger partial charge on any atom is -0.381 e. The molecular formula is C37H49N5O6S. The van der Waals surface area contributed by atoms with Gasteiger partial charge in [-0.2, -0.15) is 4.31 Å². The normalized spacial score (nSPS) is 26.3. The summed E-state index contributed by atoms with van der Waals surface area (Å²) in [6, 6.07) is 15.4. The van der Waals surface area contributed by atoms with E-state index in [0.29, 0.717) is 83.6 Å². The Kier molecular flexibility index (Phi) is 11.5. The average Bonchev–Trinajstić information content (AvgIpc) is 3.11. The average molecular weight is 692 g/mol. The molecule has 2 aromatic rings. The minimum atomic E-state index is -3.61. The van der Waals surface area contributed by atoms with Gasteiger partial charge in [0.1, 0.15) is 6.04 Å². The predicted molar refractivity (Wildman–Crippen MR) is 187 cm³/mol. The summed E-state index contributed by atoms with van der Waals surface area (Å²) in [5.74, 6) is -0.433. The number of benzene rings is 2. The number of hydrogen-bond donors (Lipinski definition) is 3. The molecule has 11 nitrogen and oxygen atoms in total. The lowest BCUT2D eigenvalue weighted by molar-refractivity contribution is -0.140. The minimum absolute atomic E-state index is 0.0675. The molecule has 2 aromatic carbocycles. The SMILES string of the molecule is O=C(CN1CC[C@H]2NC(=O)[C@@H](Cc3ccccc3)NC(=O)C3(C/C=C/C[C@H]2C1)CCOCC3)Nc1cccc(S(=O)(=O)N2CCCCC2)c1. The molecule has 6 rings (SSSR count). The van der Waals surface area contributed by atoms with Crippen LogP contribution in [-0.2, 0) is 35.6 Å². The number of rotatable bonds is 7. The van der Waals surface area contributed by atoms with Gasteiger partial charge >= 0.3 is 0 Å². The fourth-order valence-electron chi connectivity index (χ4n) is 7.59. The van der Waals surface area contributed by atoms with Crippen LogP contribution in [0.15, 0.2) is 71.6 Å². The number of carbonyl (C=O) groups excluding carboxylic acids is 3. The van der Waals surface area contributed by atoms with Crippen molar-refractivity contribution in [3.8, 4) is 0 Å². The summed E-state index contributed by atoms with van der Waals surface area (Å²) in [7, 11) is -3.61. The number of anilines is 1. The standard InChI is InChI=1S/C37H49N5O6S/c43-34(38-30-13-9-14-31(25-30)49(46,47)42-19-7-2-8-20-42)27-41-21-15-32-29(26-41)12-5-6-16-37(17-22-48-23-18-37)36(45)40-33(35(44)39-32)24-28-10-3-1-4-11-28/h1,3-6,9-11,13-14,25,29,32-33H,2,7-8,12,15-24,26-27H2,(H,38,43)(H,39,44)(H,40,45)/b6-5+/t29-,32+,33+/m0/s1. The summed E-state index contributed by atoms with van der Waals surface area (Å²) in [5, 5.41) is 9.32. The van der Waals surface area contributed by atoms with Crippen LogP contribution in [0.1, 0.15) is 56.9 Å². The number of nitrogens with zero attached hydrogens (tertiary/aromatic N) is 2. The molecule has 1 spiro atoms. The zero-order valence-corrected chi connectivity index (χ0v) is 29.0. The molecule has 4 aliphatic heterocycles. The van der Waals surface area contributed by atoms with Crippen molar-refractivity contribution in [3.63, 3.8) is 0 Å². The molecule has 49 heavy (non-hydrogen) atoms. The molecule has 12 heteroatoms. The molecule has 4 heterocycles. The van der Waals surface area contributed by atoms with Gasteiger partial charge in [0, 0.05) is 57.5 Å². The molecule has 0 saturated carbocycles. The van der Waals surface area contributed by atoms with Crippen LogP contribution in [0.25, 0.3) is 0 Å². The van der Waals surface area contributed by atoms with Crippen LogP contribution in [0, 0.1) is 11.3 Å². The second-order valence-electron chi connectivity index (χ2n) is 14.0. The van der Waals surface area contributed by atoms with Crippen molar-refractivity contribution in [1.29, 1.82) is 0 Å². The monoisotopic (exact) mass is 691 g/mol. The van der Waals surface area contributed by atoms with E-state index >= 15 is 0 Å². The fraction of sp³-hybridized carbons (Fsp3) is 0.541. The lowest BCUT2D eigenvalue weighted by atomic mass is 9.75. The highest BCUT2D eigenvalue weighted by Gasteiger charge is 2.41. The van der Waals surface area contributed by atoms with Gasteiger partial charge in [-0.3, -0.25) is 19.3 Å². The molecule has 0 radical (unpaired) electrons. The van der Waals surface area contributed by atoms with Gasteiger partial charge < -0.3 is 20.7 Å². The zero-order valence-electron chi connectivity index (χ0n) is 28.1. The molecule has 3 fully saturated rings. The molecule has 0 aliphatic carbocycles. The van der Waals surface area contributed by atoms with Gasteiger partial charge in [-0.15, -0.1) is 0 Å². The largest absolute Gasteiger partial charge is 0.381 e. The number of allylic oxidation sites excluding steroid dienone is 2. The van der Waals surface area contributed by atoms with E-state index in [2.05, 4.69) is 33.0 Å². The topological polar surface area (TPSA) is 137 Å². The quantitative estimate of drug-likeness (QED) is 0.379. The van der Waals surface area contributed by atoms with E-state index in [0.717, 1.165) is 24.8 Å². The maximum absolute atomic E-state index is 13.9. The molecule has 3 saturated heterocycles. The highest BCUT2D eigenvalue weighted by atomic mass is 32.2. The second kappa shape index (κ2) is 16.0. The molecule has 264 valence electrons. The van der Waals surface area contributed by atoms with Crippen LogP contribution in [0.2, 0.25) is 0 Å². The highest BCUT2D eigenvalue weighted by molar-refractivity contribution is 7.89. The fourth-order valence-corrected chi connectivity index (χ4v) is 9.16. The van der Waals surface area contributed by atoms with Gasteiger partial charge in [0.2, 0.25) is 27.7 Å². The van der Waals surface area contributed by atoms with E-state index in [1.807, 2.05) is 30.3 Å². The van der Waals surface area contributed by atoms with E-state index in [-0.39, 0.29) is 41.1 Å². The van der Waals surface area contributed by atoms with Crippen molar-refractivity contribution in [1.82, 2.24) is 19.8 Å². The smallest absolute Gasteiger partial charge is 0.243 e. The first kappa shape index (κ1) is 35.3. The number of carbonyl (C=O) groups is 3. The van der Waals surface area contributed by atoms with Gasteiger partial charge in [0.05, 0.1) is 16.9 Å². The van der Waals surface area contributed by atoms with Crippen LogP contribution in [0.3, 0.4) is 0 Å². The molecule has 3 amide bonds. The van der Waals surface area contributed by atoms with Crippen molar-refractivity contribution in [2.75, 3.05) is 51.3 Å². The summed E-state index contributed by atoms with van der Waals surface area (Å²) >= 11 is 0. The van der Waals surface area contributed by atoms with Crippen LogP contribution < -0.4 is 16.0 Å². The molecule has 0 bridgehead atoms. The van der Waals surface area contributed by atoms with E-state index in [1.165, 1.54) is 10.4 Å². The molecule has 3 atom stereocenters. The van der Waals surface area contributed by atoms with Crippen LogP contribution in [0.5, 0.6) is 0 Å². The third-order valence-electron chi connectivity index (χ3n) is 10.5. The van der Waals surface area contributed by atoms with Gasteiger partial charge in [0.15, 0.2) is 0 Å². The lowest BCUT2D eigenvalue weighted by Gasteiger charge is -2.40. The Labute approximate surface area is 289 Å². The van der Waals surface area contributed by atoms with E-state index in [4.69, 9.17) is 4.74 Å². The molecule has 3 N–H and O–H groups in total. The van der Waals surface area contributed by atoms with Crippen molar-refractivity contribution in [3.05, 3.63) is 72.3 Å². The first-order valence-electron chi connectivity index (χ1n) is 17.7. The Morgan fingerprint density at radius 3 is 2.49 bits per heavy atom. The van der Waals surface area contributed by atoms with Crippen molar-refractivity contribution >= 4 is 33.4 Å². The number of fused-ring (bicyclic) bond motifs is 1. The van der Waals surface area contributed by atoms with Crippen LogP contribution in [-0.4, -0.2) is 93.4 Å². The van der Waals surface area contributed by atoms with E-state index in [9.17, 15) is 22.8 Å².